The van der Waals surface area contributed by atoms with E-state index in [4.69, 9.17) is 9.72 Å². The smallest absolute Gasteiger partial charge is 0.191 e. The lowest BCUT2D eigenvalue weighted by Gasteiger charge is -2.32. The van der Waals surface area contributed by atoms with Crippen molar-refractivity contribution >= 4 is 17.3 Å². The van der Waals surface area contributed by atoms with E-state index in [0.29, 0.717) is 12.5 Å². The van der Waals surface area contributed by atoms with Crippen molar-refractivity contribution in [3.05, 3.63) is 51.5 Å². The lowest BCUT2D eigenvalue weighted by molar-refractivity contribution is -0.0265. The highest BCUT2D eigenvalue weighted by atomic mass is 32.1. The summed E-state index contributed by atoms with van der Waals surface area (Å²) < 4.78 is 6.14. The Balaban J connectivity index is 1.55. The number of aryl methyl sites for hydroxylation is 1. The number of guanidine groups is 1. The van der Waals surface area contributed by atoms with E-state index < -0.39 is 0 Å². The van der Waals surface area contributed by atoms with Crippen LogP contribution in [-0.2, 0) is 16.7 Å². The summed E-state index contributed by atoms with van der Waals surface area (Å²) in [4.78, 5) is 9.13. The largest absolute Gasteiger partial charge is 0.373 e. The second-order valence-corrected chi connectivity index (χ2v) is 9.73. The van der Waals surface area contributed by atoms with Gasteiger partial charge in [-0.1, -0.05) is 50.6 Å². The highest BCUT2D eigenvalue weighted by Gasteiger charge is 2.27. The van der Waals surface area contributed by atoms with E-state index in [1.54, 1.807) is 11.3 Å². The molecule has 1 fully saturated rings. The summed E-state index contributed by atoms with van der Waals surface area (Å²) in [5, 5.41) is 10.1. The second-order valence-electron chi connectivity index (χ2n) is 8.79. The first-order chi connectivity index (χ1) is 13.9. The fourth-order valence-electron chi connectivity index (χ4n) is 3.52. The third-order valence-electron chi connectivity index (χ3n) is 5.33. The van der Waals surface area contributed by atoms with Gasteiger partial charge >= 0.3 is 0 Å². The Labute approximate surface area is 179 Å². The van der Waals surface area contributed by atoms with Crippen LogP contribution in [0.5, 0.6) is 0 Å². The van der Waals surface area contributed by atoms with E-state index in [0.717, 1.165) is 42.7 Å². The van der Waals surface area contributed by atoms with Crippen molar-refractivity contribution in [3.8, 4) is 0 Å². The zero-order valence-electron chi connectivity index (χ0n) is 18.3. The van der Waals surface area contributed by atoms with Crippen LogP contribution in [0.3, 0.4) is 0 Å². The van der Waals surface area contributed by atoms with Gasteiger partial charge < -0.3 is 15.4 Å². The first kappa shape index (κ1) is 21.8. The number of nitrogens with zero attached hydrogens (tertiary/aromatic N) is 2. The van der Waals surface area contributed by atoms with Crippen molar-refractivity contribution in [1.82, 2.24) is 15.6 Å². The molecule has 0 saturated carbocycles. The van der Waals surface area contributed by atoms with Gasteiger partial charge in [-0.05, 0) is 25.3 Å². The fraction of sp³-hybridized carbons (Fsp3) is 0.565. The monoisotopic (exact) mass is 414 g/mol. The standard InChI is InChI=1S/C23H34N4OS/c1-16-8-10-17(11-9-16)21-18(7-6-12-28-21)13-25-22(24-5)26-14-20-27-19(15-29-20)23(2,3)4/h8-11,15,18,21H,6-7,12-14H2,1-5H3,(H2,24,25,26). The maximum Gasteiger partial charge on any atom is 0.191 e. The summed E-state index contributed by atoms with van der Waals surface area (Å²) in [6.45, 7) is 11.0. The Kier molecular flexibility index (Phi) is 7.30. The minimum atomic E-state index is 0.0840. The van der Waals surface area contributed by atoms with Crippen LogP contribution in [0.4, 0.5) is 0 Å². The zero-order chi connectivity index (χ0) is 20.9. The molecule has 1 aliphatic rings. The van der Waals surface area contributed by atoms with Gasteiger partial charge in [0.25, 0.3) is 0 Å². The molecule has 5 nitrogen and oxygen atoms in total. The highest BCUT2D eigenvalue weighted by Crippen LogP contribution is 2.33. The SMILES string of the molecule is CN=C(NCc1nc(C(C)(C)C)cs1)NCC1CCCOC1c1ccc(C)cc1. The van der Waals surface area contributed by atoms with Crippen molar-refractivity contribution in [2.45, 2.75) is 58.6 Å². The summed E-state index contributed by atoms with van der Waals surface area (Å²) in [6, 6.07) is 8.72. The van der Waals surface area contributed by atoms with Gasteiger partial charge in [-0.15, -0.1) is 11.3 Å². The van der Waals surface area contributed by atoms with Gasteiger partial charge in [-0.3, -0.25) is 4.99 Å². The van der Waals surface area contributed by atoms with Crippen LogP contribution in [0, 0.1) is 12.8 Å². The quantitative estimate of drug-likeness (QED) is 0.555. The average molecular weight is 415 g/mol. The van der Waals surface area contributed by atoms with Gasteiger partial charge in [0.1, 0.15) is 5.01 Å². The van der Waals surface area contributed by atoms with Crippen LogP contribution in [0.1, 0.15) is 61.5 Å². The number of aliphatic imine (C=N–C) groups is 1. The Morgan fingerprint density at radius 2 is 2.00 bits per heavy atom. The van der Waals surface area contributed by atoms with Crippen molar-refractivity contribution in [3.63, 3.8) is 0 Å². The second kappa shape index (κ2) is 9.72. The number of hydrogen-bond acceptors (Lipinski definition) is 4. The van der Waals surface area contributed by atoms with E-state index in [-0.39, 0.29) is 11.5 Å². The van der Waals surface area contributed by atoms with Crippen molar-refractivity contribution < 1.29 is 4.74 Å². The number of rotatable bonds is 5. The lowest BCUT2D eigenvalue weighted by atomic mass is 9.89. The molecule has 158 valence electrons. The summed E-state index contributed by atoms with van der Waals surface area (Å²) in [5.41, 5.74) is 3.77. The third-order valence-corrected chi connectivity index (χ3v) is 6.18. The molecular formula is C23H34N4OS. The Hall–Kier alpha value is -1.92. The van der Waals surface area contributed by atoms with E-state index in [2.05, 4.69) is 73.0 Å². The van der Waals surface area contributed by atoms with Crippen LogP contribution in [-0.4, -0.2) is 31.1 Å². The minimum absolute atomic E-state index is 0.0840. The first-order valence-corrected chi connectivity index (χ1v) is 11.3. The van der Waals surface area contributed by atoms with Gasteiger partial charge in [-0.25, -0.2) is 4.98 Å². The van der Waals surface area contributed by atoms with E-state index in [1.165, 1.54) is 11.1 Å². The molecular weight excluding hydrogens is 380 g/mol. The predicted molar refractivity (Wildman–Crippen MR) is 122 cm³/mol. The van der Waals surface area contributed by atoms with Crippen molar-refractivity contribution in [1.29, 1.82) is 0 Å². The van der Waals surface area contributed by atoms with Crippen molar-refractivity contribution in [2.24, 2.45) is 10.9 Å². The average Bonchev–Trinajstić information content (AvgIpc) is 3.19. The van der Waals surface area contributed by atoms with E-state index in [9.17, 15) is 0 Å². The van der Waals surface area contributed by atoms with Gasteiger partial charge in [0, 0.05) is 36.9 Å². The molecule has 2 atom stereocenters. The van der Waals surface area contributed by atoms with Crippen LogP contribution < -0.4 is 10.6 Å². The van der Waals surface area contributed by atoms with Gasteiger partial charge in [0.15, 0.2) is 5.96 Å². The zero-order valence-corrected chi connectivity index (χ0v) is 19.1. The number of benzene rings is 1. The number of hydrogen-bond donors (Lipinski definition) is 2. The molecule has 2 unspecified atom stereocenters. The third kappa shape index (κ3) is 6.03. The molecule has 1 aliphatic heterocycles. The summed E-state index contributed by atoms with van der Waals surface area (Å²) in [6.07, 6.45) is 2.41. The molecule has 0 bridgehead atoms. The normalized spacial score (nSPS) is 20.5. The molecule has 0 amide bonds. The predicted octanol–water partition coefficient (Wildman–Crippen LogP) is 4.58. The van der Waals surface area contributed by atoms with Crippen LogP contribution >= 0.6 is 11.3 Å². The van der Waals surface area contributed by atoms with E-state index >= 15 is 0 Å². The van der Waals surface area contributed by atoms with E-state index in [1.807, 2.05) is 7.05 Å². The molecule has 1 aromatic heterocycles. The Morgan fingerprint density at radius 1 is 1.24 bits per heavy atom. The van der Waals surface area contributed by atoms with Crippen LogP contribution in [0.15, 0.2) is 34.6 Å². The summed E-state index contributed by atoms with van der Waals surface area (Å²) in [7, 11) is 1.81. The van der Waals surface area contributed by atoms with Gasteiger partial charge in [0.05, 0.1) is 18.3 Å². The topological polar surface area (TPSA) is 58.5 Å². The summed E-state index contributed by atoms with van der Waals surface area (Å²) >= 11 is 1.70. The highest BCUT2D eigenvalue weighted by molar-refractivity contribution is 7.09. The lowest BCUT2D eigenvalue weighted by Crippen LogP contribution is -2.41. The van der Waals surface area contributed by atoms with Gasteiger partial charge in [-0.2, -0.15) is 0 Å². The first-order valence-electron chi connectivity index (χ1n) is 10.4. The minimum Gasteiger partial charge on any atom is -0.373 e. The molecule has 1 saturated heterocycles. The molecule has 2 N–H and O–H groups in total. The Bertz CT molecular complexity index is 807. The number of nitrogens with one attached hydrogen (secondary N) is 2. The maximum atomic E-state index is 6.14. The molecule has 2 heterocycles. The number of ether oxygens (including phenoxy) is 1. The van der Waals surface area contributed by atoms with Crippen LogP contribution in [0.25, 0.3) is 0 Å². The molecule has 6 heteroatoms. The molecule has 29 heavy (non-hydrogen) atoms. The van der Waals surface area contributed by atoms with Crippen molar-refractivity contribution in [2.75, 3.05) is 20.2 Å². The fourth-order valence-corrected chi connectivity index (χ4v) is 4.48. The molecule has 0 spiro atoms. The number of thiazole rings is 1. The Morgan fingerprint density at radius 3 is 2.66 bits per heavy atom. The summed E-state index contributed by atoms with van der Waals surface area (Å²) in [5.74, 6) is 1.24. The molecule has 1 aromatic carbocycles. The molecule has 2 aromatic rings. The molecule has 0 radical (unpaired) electrons. The number of aromatic nitrogens is 1. The maximum absolute atomic E-state index is 6.14. The molecule has 3 rings (SSSR count). The van der Waals surface area contributed by atoms with Crippen LogP contribution in [0.2, 0.25) is 0 Å². The van der Waals surface area contributed by atoms with Gasteiger partial charge in [0.2, 0.25) is 0 Å². The molecule has 0 aliphatic carbocycles.